The zero-order valence-electron chi connectivity index (χ0n) is 14.4. The Morgan fingerprint density at radius 3 is 2.70 bits per heavy atom. The Labute approximate surface area is 139 Å². The summed E-state index contributed by atoms with van der Waals surface area (Å²) in [5, 5.41) is 12.6. The summed E-state index contributed by atoms with van der Waals surface area (Å²) in [5.74, 6) is 0.514. The molecule has 1 aromatic carbocycles. The monoisotopic (exact) mass is 318 g/mol. The Morgan fingerprint density at radius 1 is 1.30 bits per heavy atom. The predicted octanol–water partition coefficient (Wildman–Crippen LogP) is 3.20. The van der Waals surface area contributed by atoms with Gasteiger partial charge in [-0.25, -0.2) is 4.79 Å². The van der Waals surface area contributed by atoms with Crippen LogP contribution in [0.1, 0.15) is 44.6 Å². The van der Waals surface area contributed by atoms with Gasteiger partial charge in [0.2, 0.25) is 0 Å². The molecule has 3 atom stereocenters. The van der Waals surface area contributed by atoms with Crippen LogP contribution in [0.25, 0.3) is 0 Å². The lowest BCUT2D eigenvalue weighted by molar-refractivity contribution is 0.158. The van der Waals surface area contributed by atoms with Gasteiger partial charge >= 0.3 is 6.03 Å². The number of nitrogens with zero attached hydrogens (tertiary/aromatic N) is 1. The van der Waals surface area contributed by atoms with E-state index in [1.54, 1.807) is 18.9 Å². The molecule has 0 heterocycles. The van der Waals surface area contributed by atoms with Crippen molar-refractivity contribution in [2.24, 2.45) is 5.92 Å². The normalized spacial score (nSPS) is 22.4. The second-order valence-corrected chi connectivity index (χ2v) is 6.85. The van der Waals surface area contributed by atoms with E-state index in [1.807, 2.05) is 6.07 Å². The van der Waals surface area contributed by atoms with Crippen molar-refractivity contribution in [3.05, 3.63) is 35.9 Å². The highest BCUT2D eigenvalue weighted by Gasteiger charge is 2.27. The smallest absolute Gasteiger partial charge is 0.317 e. The Morgan fingerprint density at radius 2 is 2.00 bits per heavy atom. The molecule has 0 saturated heterocycles. The first kappa shape index (κ1) is 17.8. The second-order valence-electron chi connectivity index (χ2n) is 6.85. The molecular formula is C19H30N2O2. The van der Waals surface area contributed by atoms with E-state index in [9.17, 15) is 9.90 Å². The molecule has 0 bridgehead atoms. The molecule has 1 saturated carbocycles. The number of aliphatic hydroxyl groups excluding tert-OH is 1. The lowest BCUT2D eigenvalue weighted by atomic mass is 9.81. The Balaban J connectivity index is 1.89. The van der Waals surface area contributed by atoms with Gasteiger partial charge in [-0.05, 0) is 44.1 Å². The maximum absolute atomic E-state index is 12.4. The van der Waals surface area contributed by atoms with Gasteiger partial charge in [-0.1, -0.05) is 43.2 Å². The Kier molecular flexibility index (Phi) is 6.90. The van der Waals surface area contributed by atoms with Crippen molar-refractivity contribution in [2.45, 2.75) is 57.6 Å². The van der Waals surface area contributed by atoms with E-state index < -0.39 is 0 Å². The molecule has 1 aromatic rings. The minimum atomic E-state index is -0.370. The molecule has 1 aliphatic rings. The van der Waals surface area contributed by atoms with Crippen molar-refractivity contribution in [1.82, 2.24) is 10.2 Å². The standard InChI is InChI=1S/C19H30N2O2/c1-15(22)12-13-21(2)19(23)20-18-11-7-6-10-17(18)14-16-8-4-3-5-9-16/h3-5,8-9,15,17-18,22H,6-7,10-14H2,1-2H3,(H,20,23). The van der Waals surface area contributed by atoms with E-state index in [-0.39, 0.29) is 18.2 Å². The molecule has 0 aromatic heterocycles. The summed E-state index contributed by atoms with van der Waals surface area (Å²) in [6.07, 6.45) is 5.96. The lowest BCUT2D eigenvalue weighted by Crippen LogP contribution is -2.48. The van der Waals surface area contributed by atoms with E-state index in [4.69, 9.17) is 0 Å². The quantitative estimate of drug-likeness (QED) is 0.846. The number of nitrogens with one attached hydrogen (secondary N) is 1. The second kappa shape index (κ2) is 8.92. The molecule has 4 nitrogen and oxygen atoms in total. The Hall–Kier alpha value is -1.55. The minimum Gasteiger partial charge on any atom is -0.393 e. The zero-order chi connectivity index (χ0) is 16.7. The van der Waals surface area contributed by atoms with Gasteiger partial charge in [0, 0.05) is 19.6 Å². The van der Waals surface area contributed by atoms with Crippen LogP contribution in [0.15, 0.2) is 30.3 Å². The number of hydrogen-bond acceptors (Lipinski definition) is 2. The molecule has 23 heavy (non-hydrogen) atoms. The number of rotatable bonds is 6. The predicted molar refractivity (Wildman–Crippen MR) is 93.4 cm³/mol. The van der Waals surface area contributed by atoms with Crippen LogP contribution in [0.3, 0.4) is 0 Å². The van der Waals surface area contributed by atoms with Gasteiger partial charge < -0.3 is 15.3 Å². The molecule has 128 valence electrons. The molecule has 1 fully saturated rings. The molecule has 2 rings (SSSR count). The summed E-state index contributed by atoms with van der Waals surface area (Å²) in [6, 6.07) is 10.8. The SMILES string of the molecule is CC(O)CCN(C)C(=O)NC1CCCCC1Cc1ccccc1. The summed E-state index contributed by atoms with van der Waals surface area (Å²) in [4.78, 5) is 14.0. The van der Waals surface area contributed by atoms with Crippen molar-refractivity contribution < 1.29 is 9.90 Å². The van der Waals surface area contributed by atoms with Gasteiger partial charge in [0.25, 0.3) is 0 Å². The fourth-order valence-corrected chi connectivity index (χ4v) is 3.31. The van der Waals surface area contributed by atoms with Crippen molar-refractivity contribution in [3.63, 3.8) is 0 Å². The summed E-state index contributed by atoms with van der Waals surface area (Å²) in [5.41, 5.74) is 1.35. The van der Waals surface area contributed by atoms with Crippen LogP contribution in [0.5, 0.6) is 0 Å². The third-order valence-corrected chi connectivity index (χ3v) is 4.79. The number of amides is 2. The average molecular weight is 318 g/mol. The van der Waals surface area contributed by atoms with Crippen LogP contribution < -0.4 is 5.32 Å². The van der Waals surface area contributed by atoms with Crippen molar-refractivity contribution in [2.75, 3.05) is 13.6 Å². The minimum absolute atomic E-state index is 0.0180. The maximum atomic E-state index is 12.4. The van der Waals surface area contributed by atoms with E-state index >= 15 is 0 Å². The van der Waals surface area contributed by atoms with Crippen molar-refractivity contribution in [3.8, 4) is 0 Å². The lowest BCUT2D eigenvalue weighted by Gasteiger charge is -2.33. The fraction of sp³-hybridized carbons (Fsp3) is 0.632. The summed E-state index contributed by atoms with van der Waals surface area (Å²) >= 11 is 0. The van der Waals surface area contributed by atoms with E-state index in [0.717, 1.165) is 12.8 Å². The van der Waals surface area contributed by atoms with Crippen molar-refractivity contribution >= 4 is 6.03 Å². The van der Waals surface area contributed by atoms with Crippen LogP contribution in [0.4, 0.5) is 4.79 Å². The van der Waals surface area contributed by atoms with E-state index in [1.165, 1.54) is 24.8 Å². The van der Waals surface area contributed by atoms with Gasteiger partial charge in [0.05, 0.1) is 6.10 Å². The number of benzene rings is 1. The number of carbonyl (C=O) groups excluding carboxylic acids is 1. The van der Waals surface area contributed by atoms with Gasteiger partial charge in [0.15, 0.2) is 0 Å². The molecule has 0 aliphatic heterocycles. The number of urea groups is 1. The summed E-state index contributed by atoms with van der Waals surface area (Å²) < 4.78 is 0. The third-order valence-electron chi connectivity index (χ3n) is 4.79. The number of hydrogen-bond donors (Lipinski definition) is 2. The number of aliphatic hydroxyl groups is 1. The highest BCUT2D eigenvalue weighted by Crippen LogP contribution is 2.27. The van der Waals surface area contributed by atoms with E-state index in [0.29, 0.717) is 18.9 Å². The van der Waals surface area contributed by atoms with Crippen LogP contribution in [-0.2, 0) is 6.42 Å². The molecule has 1 aliphatic carbocycles. The molecule has 0 spiro atoms. The first-order valence-corrected chi connectivity index (χ1v) is 8.80. The summed E-state index contributed by atoms with van der Waals surface area (Å²) in [6.45, 7) is 2.34. The molecule has 3 unspecified atom stereocenters. The Bertz CT molecular complexity index is 476. The molecule has 2 amide bonds. The highest BCUT2D eigenvalue weighted by molar-refractivity contribution is 5.74. The first-order chi connectivity index (χ1) is 11.1. The van der Waals surface area contributed by atoms with E-state index in [2.05, 4.69) is 29.6 Å². The largest absolute Gasteiger partial charge is 0.393 e. The highest BCUT2D eigenvalue weighted by atomic mass is 16.3. The van der Waals surface area contributed by atoms with Crippen LogP contribution in [-0.4, -0.2) is 41.8 Å². The van der Waals surface area contributed by atoms with Crippen molar-refractivity contribution in [1.29, 1.82) is 0 Å². The average Bonchev–Trinajstić information content (AvgIpc) is 2.55. The van der Waals surface area contributed by atoms with Gasteiger partial charge in [0.1, 0.15) is 0 Å². The van der Waals surface area contributed by atoms with Gasteiger partial charge in [-0.3, -0.25) is 0 Å². The maximum Gasteiger partial charge on any atom is 0.317 e. The molecule has 0 radical (unpaired) electrons. The fourth-order valence-electron chi connectivity index (χ4n) is 3.31. The number of carbonyl (C=O) groups is 1. The van der Waals surface area contributed by atoms with Gasteiger partial charge in [-0.15, -0.1) is 0 Å². The van der Waals surface area contributed by atoms with Crippen LogP contribution in [0, 0.1) is 5.92 Å². The molecule has 2 N–H and O–H groups in total. The third kappa shape index (κ3) is 5.87. The zero-order valence-corrected chi connectivity index (χ0v) is 14.4. The van der Waals surface area contributed by atoms with Crippen LogP contribution in [0.2, 0.25) is 0 Å². The first-order valence-electron chi connectivity index (χ1n) is 8.80. The molecule has 4 heteroatoms. The topological polar surface area (TPSA) is 52.6 Å². The summed E-state index contributed by atoms with van der Waals surface area (Å²) in [7, 11) is 1.80. The molecular weight excluding hydrogens is 288 g/mol. The van der Waals surface area contributed by atoms with Crippen LogP contribution >= 0.6 is 0 Å². The van der Waals surface area contributed by atoms with Gasteiger partial charge in [-0.2, -0.15) is 0 Å².